The Bertz CT molecular complexity index is 535. The number of fused-ring (bicyclic) bond motifs is 4. The van der Waals surface area contributed by atoms with Crippen LogP contribution in [0.15, 0.2) is 30.3 Å². The van der Waals surface area contributed by atoms with E-state index in [1.807, 2.05) is 0 Å². The SMILES string of the molecule is Cc1cc2c(C)cc1CCc1cccc(n1)CC2. The highest BCUT2D eigenvalue weighted by Gasteiger charge is 2.09. The fourth-order valence-electron chi connectivity index (χ4n) is 2.81. The van der Waals surface area contributed by atoms with Gasteiger partial charge in [0.1, 0.15) is 0 Å². The summed E-state index contributed by atoms with van der Waals surface area (Å²) in [5, 5.41) is 0. The molecular formula is C17H19N. The highest BCUT2D eigenvalue weighted by atomic mass is 14.7. The molecule has 0 fully saturated rings. The van der Waals surface area contributed by atoms with E-state index < -0.39 is 0 Å². The third-order valence-electron chi connectivity index (χ3n) is 3.96. The van der Waals surface area contributed by atoms with Gasteiger partial charge in [-0.1, -0.05) is 18.2 Å². The number of benzene rings is 1. The second-order valence-corrected chi connectivity index (χ2v) is 5.33. The average molecular weight is 237 g/mol. The lowest BCUT2D eigenvalue weighted by Crippen LogP contribution is -1.98. The van der Waals surface area contributed by atoms with E-state index in [1.165, 1.54) is 33.6 Å². The number of hydrogen-bond donors (Lipinski definition) is 0. The van der Waals surface area contributed by atoms with Crippen molar-refractivity contribution < 1.29 is 0 Å². The molecule has 0 aliphatic carbocycles. The van der Waals surface area contributed by atoms with Crippen LogP contribution >= 0.6 is 0 Å². The molecule has 4 rings (SSSR count). The van der Waals surface area contributed by atoms with Gasteiger partial charge in [0.2, 0.25) is 0 Å². The molecule has 4 bridgehead atoms. The van der Waals surface area contributed by atoms with Crippen LogP contribution in [-0.2, 0) is 25.7 Å². The Morgan fingerprint density at radius 2 is 1.28 bits per heavy atom. The van der Waals surface area contributed by atoms with Gasteiger partial charge >= 0.3 is 0 Å². The molecule has 0 spiro atoms. The van der Waals surface area contributed by atoms with E-state index in [1.54, 1.807) is 0 Å². The lowest BCUT2D eigenvalue weighted by molar-refractivity contribution is 0.866. The van der Waals surface area contributed by atoms with Crippen LogP contribution in [0.1, 0.15) is 33.6 Å². The summed E-state index contributed by atoms with van der Waals surface area (Å²) < 4.78 is 0. The van der Waals surface area contributed by atoms with Gasteiger partial charge in [-0.05, 0) is 73.9 Å². The van der Waals surface area contributed by atoms with Gasteiger partial charge in [0.25, 0.3) is 0 Å². The molecule has 0 saturated heterocycles. The van der Waals surface area contributed by atoms with Gasteiger partial charge < -0.3 is 0 Å². The summed E-state index contributed by atoms with van der Waals surface area (Å²) in [7, 11) is 0. The Morgan fingerprint density at radius 3 is 1.78 bits per heavy atom. The highest BCUT2D eigenvalue weighted by Crippen LogP contribution is 2.20. The molecule has 0 N–H and O–H groups in total. The lowest BCUT2D eigenvalue weighted by Gasteiger charge is -2.11. The molecule has 0 unspecified atom stereocenters. The fraction of sp³-hybridized carbons (Fsp3) is 0.353. The smallest absolute Gasteiger partial charge is 0.0410 e. The summed E-state index contributed by atoms with van der Waals surface area (Å²) in [5.41, 5.74) is 8.29. The molecule has 2 aromatic rings. The first-order valence-electron chi connectivity index (χ1n) is 6.76. The molecule has 1 aromatic carbocycles. The molecule has 0 radical (unpaired) electrons. The van der Waals surface area contributed by atoms with E-state index in [0.717, 1.165) is 25.7 Å². The zero-order valence-electron chi connectivity index (χ0n) is 11.2. The van der Waals surface area contributed by atoms with Gasteiger partial charge in [-0.15, -0.1) is 0 Å². The molecule has 18 heavy (non-hydrogen) atoms. The van der Waals surface area contributed by atoms with Gasteiger partial charge in [0.05, 0.1) is 0 Å². The number of pyridine rings is 1. The maximum atomic E-state index is 4.75. The van der Waals surface area contributed by atoms with Gasteiger partial charge in [-0.25, -0.2) is 0 Å². The van der Waals surface area contributed by atoms with Gasteiger partial charge in [-0.3, -0.25) is 4.98 Å². The van der Waals surface area contributed by atoms with E-state index in [2.05, 4.69) is 44.2 Å². The van der Waals surface area contributed by atoms with Crippen molar-refractivity contribution >= 4 is 0 Å². The summed E-state index contributed by atoms with van der Waals surface area (Å²) in [6.07, 6.45) is 4.30. The standard InChI is InChI=1S/C17H19N/c1-12-10-15-7-9-17-5-3-4-16(18-17)8-6-14(12)11-13(15)2/h3-5,10-11H,6-9H2,1-2H3. The van der Waals surface area contributed by atoms with Crippen LogP contribution in [0.25, 0.3) is 0 Å². The number of hydrogen-bond acceptors (Lipinski definition) is 1. The van der Waals surface area contributed by atoms with Crippen molar-refractivity contribution in [2.24, 2.45) is 0 Å². The second kappa shape index (κ2) is 4.56. The first-order valence-corrected chi connectivity index (χ1v) is 6.76. The predicted molar refractivity (Wildman–Crippen MR) is 75.0 cm³/mol. The Morgan fingerprint density at radius 1 is 0.778 bits per heavy atom. The topological polar surface area (TPSA) is 12.9 Å². The van der Waals surface area contributed by atoms with E-state index >= 15 is 0 Å². The van der Waals surface area contributed by atoms with Crippen molar-refractivity contribution in [3.8, 4) is 0 Å². The van der Waals surface area contributed by atoms with Crippen molar-refractivity contribution in [2.75, 3.05) is 0 Å². The minimum atomic E-state index is 1.05. The van der Waals surface area contributed by atoms with E-state index in [0.29, 0.717) is 0 Å². The Kier molecular flexibility index (Phi) is 2.91. The number of rotatable bonds is 0. The van der Waals surface area contributed by atoms with E-state index in [9.17, 15) is 0 Å². The maximum absolute atomic E-state index is 4.75. The molecular weight excluding hydrogens is 218 g/mol. The summed E-state index contributed by atoms with van der Waals surface area (Å²) in [5.74, 6) is 0. The van der Waals surface area contributed by atoms with Crippen molar-refractivity contribution in [3.63, 3.8) is 0 Å². The normalized spacial score (nSPS) is 14.3. The van der Waals surface area contributed by atoms with E-state index in [-0.39, 0.29) is 0 Å². The Balaban J connectivity index is 2.07. The number of nitrogens with zero attached hydrogens (tertiary/aromatic N) is 1. The molecule has 0 amide bonds. The summed E-state index contributed by atoms with van der Waals surface area (Å²) in [6, 6.07) is 11.2. The van der Waals surface area contributed by atoms with Crippen LogP contribution in [0.5, 0.6) is 0 Å². The molecule has 2 aliphatic rings. The summed E-state index contributed by atoms with van der Waals surface area (Å²) in [6.45, 7) is 4.47. The first kappa shape index (κ1) is 11.5. The van der Waals surface area contributed by atoms with Crippen molar-refractivity contribution in [3.05, 3.63) is 64.0 Å². The van der Waals surface area contributed by atoms with Crippen LogP contribution in [-0.4, -0.2) is 4.98 Å². The molecule has 92 valence electrons. The molecule has 2 aliphatic heterocycles. The quantitative estimate of drug-likeness (QED) is 0.682. The van der Waals surface area contributed by atoms with Gasteiger partial charge in [0.15, 0.2) is 0 Å². The van der Waals surface area contributed by atoms with Crippen LogP contribution in [0.4, 0.5) is 0 Å². The monoisotopic (exact) mass is 237 g/mol. The lowest BCUT2D eigenvalue weighted by atomic mass is 9.95. The van der Waals surface area contributed by atoms with Gasteiger partial charge in [-0.2, -0.15) is 0 Å². The van der Waals surface area contributed by atoms with Crippen LogP contribution in [0.2, 0.25) is 0 Å². The zero-order valence-corrected chi connectivity index (χ0v) is 11.2. The summed E-state index contributed by atoms with van der Waals surface area (Å²) >= 11 is 0. The van der Waals surface area contributed by atoms with Crippen LogP contribution in [0.3, 0.4) is 0 Å². The number of aromatic nitrogens is 1. The molecule has 0 saturated carbocycles. The zero-order chi connectivity index (χ0) is 12.5. The molecule has 0 atom stereocenters. The Labute approximate surface area is 109 Å². The minimum absolute atomic E-state index is 1.05. The van der Waals surface area contributed by atoms with Crippen molar-refractivity contribution in [2.45, 2.75) is 39.5 Å². The number of aryl methyl sites for hydroxylation is 6. The molecule has 1 heteroatoms. The first-order chi connectivity index (χ1) is 8.72. The van der Waals surface area contributed by atoms with Crippen LogP contribution < -0.4 is 0 Å². The second-order valence-electron chi connectivity index (χ2n) is 5.33. The van der Waals surface area contributed by atoms with E-state index in [4.69, 9.17) is 4.98 Å². The molecule has 3 heterocycles. The van der Waals surface area contributed by atoms with Crippen molar-refractivity contribution in [1.29, 1.82) is 0 Å². The molecule has 1 aromatic heterocycles. The third-order valence-corrected chi connectivity index (χ3v) is 3.96. The summed E-state index contributed by atoms with van der Waals surface area (Å²) in [4.78, 5) is 4.75. The third kappa shape index (κ3) is 2.17. The minimum Gasteiger partial charge on any atom is -0.258 e. The fourth-order valence-corrected chi connectivity index (χ4v) is 2.81. The largest absolute Gasteiger partial charge is 0.258 e. The molecule has 1 nitrogen and oxygen atoms in total. The Hall–Kier alpha value is -1.63. The van der Waals surface area contributed by atoms with Crippen molar-refractivity contribution in [1.82, 2.24) is 4.98 Å². The predicted octanol–water partition coefficient (Wildman–Crippen LogP) is 3.58. The highest BCUT2D eigenvalue weighted by molar-refractivity contribution is 5.38. The van der Waals surface area contributed by atoms with Crippen LogP contribution in [0, 0.1) is 13.8 Å². The average Bonchev–Trinajstić information content (AvgIpc) is 2.40. The maximum Gasteiger partial charge on any atom is 0.0410 e. The van der Waals surface area contributed by atoms with Gasteiger partial charge in [0, 0.05) is 11.4 Å².